The van der Waals surface area contributed by atoms with Gasteiger partial charge in [0.15, 0.2) is 23.0 Å². The second-order valence-corrected chi connectivity index (χ2v) is 9.00. The standard InChI is InChI=1S/C19H18O5S2/c20-18(11-2-3-14-15(6-11)22-9-21-14)12-7-16-17(24-10-23-16)8-13(12)19-25-4-1-5-26-19/h2-3,6-8,18-20H,1,4-5,9-10H2. The van der Waals surface area contributed by atoms with Crippen LogP contribution in [0.15, 0.2) is 30.3 Å². The Morgan fingerprint density at radius 2 is 1.50 bits per heavy atom. The minimum absolute atomic E-state index is 0.222. The van der Waals surface area contributed by atoms with Crippen molar-refractivity contribution in [3.63, 3.8) is 0 Å². The van der Waals surface area contributed by atoms with Gasteiger partial charge in [0.1, 0.15) is 6.10 Å². The predicted molar refractivity (Wildman–Crippen MR) is 101 cm³/mol. The van der Waals surface area contributed by atoms with Crippen LogP contribution in [0, 0.1) is 0 Å². The second-order valence-electron chi connectivity index (χ2n) is 6.28. The highest BCUT2D eigenvalue weighted by Gasteiger charge is 2.28. The molecule has 0 aromatic heterocycles. The summed E-state index contributed by atoms with van der Waals surface area (Å²) in [5, 5.41) is 11.2. The van der Waals surface area contributed by atoms with Gasteiger partial charge in [0.25, 0.3) is 0 Å². The summed E-state index contributed by atoms with van der Waals surface area (Å²) in [4.78, 5) is 0. The summed E-state index contributed by atoms with van der Waals surface area (Å²) in [5.41, 5.74) is 2.74. The zero-order valence-corrected chi connectivity index (χ0v) is 15.6. The van der Waals surface area contributed by atoms with Crippen LogP contribution >= 0.6 is 23.5 Å². The van der Waals surface area contributed by atoms with E-state index < -0.39 is 6.10 Å². The third kappa shape index (κ3) is 2.88. The SMILES string of the molecule is OC(c1ccc2c(c1)OCO2)c1cc2c(cc1C1SCCCS1)OCO2. The van der Waals surface area contributed by atoms with Crippen LogP contribution in [0.25, 0.3) is 0 Å². The van der Waals surface area contributed by atoms with E-state index in [0.717, 1.165) is 33.9 Å². The summed E-state index contributed by atoms with van der Waals surface area (Å²) in [7, 11) is 0. The average molecular weight is 390 g/mol. The normalized spacial score (nSPS) is 19.6. The Bertz CT molecular complexity index is 835. The van der Waals surface area contributed by atoms with Gasteiger partial charge in [0.2, 0.25) is 13.6 Å². The van der Waals surface area contributed by atoms with E-state index >= 15 is 0 Å². The van der Waals surface area contributed by atoms with Crippen molar-refractivity contribution in [2.75, 3.05) is 25.1 Å². The van der Waals surface area contributed by atoms with Crippen LogP contribution in [-0.2, 0) is 0 Å². The minimum atomic E-state index is -0.767. The van der Waals surface area contributed by atoms with E-state index in [0.29, 0.717) is 17.2 Å². The van der Waals surface area contributed by atoms with Gasteiger partial charge in [-0.05, 0) is 58.9 Å². The van der Waals surface area contributed by atoms with Gasteiger partial charge in [0, 0.05) is 0 Å². The van der Waals surface area contributed by atoms with Crippen molar-refractivity contribution in [2.24, 2.45) is 0 Å². The van der Waals surface area contributed by atoms with Crippen molar-refractivity contribution in [1.82, 2.24) is 0 Å². The molecule has 0 bridgehead atoms. The van der Waals surface area contributed by atoms with Crippen LogP contribution in [0.4, 0.5) is 0 Å². The van der Waals surface area contributed by atoms with Crippen molar-refractivity contribution in [3.8, 4) is 23.0 Å². The summed E-state index contributed by atoms with van der Waals surface area (Å²) in [5.74, 6) is 5.09. The Balaban J connectivity index is 1.56. The zero-order valence-electron chi connectivity index (χ0n) is 14.0. The molecule has 0 aliphatic carbocycles. The lowest BCUT2D eigenvalue weighted by Crippen LogP contribution is -2.08. The monoisotopic (exact) mass is 390 g/mol. The molecule has 0 radical (unpaired) electrons. The molecule has 5 rings (SSSR count). The molecule has 1 N–H and O–H groups in total. The van der Waals surface area contributed by atoms with Gasteiger partial charge in [-0.2, -0.15) is 0 Å². The lowest BCUT2D eigenvalue weighted by Gasteiger charge is -2.26. The fourth-order valence-corrected chi connectivity index (χ4v) is 6.31. The molecule has 3 heterocycles. The highest BCUT2D eigenvalue weighted by atomic mass is 32.2. The number of fused-ring (bicyclic) bond motifs is 2. The predicted octanol–water partition coefficient (Wildman–Crippen LogP) is 4.09. The molecule has 7 heteroatoms. The van der Waals surface area contributed by atoms with E-state index in [4.69, 9.17) is 18.9 Å². The number of hydrogen-bond acceptors (Lipinski definition) is 7. The molecule has 3 aliphatic rings. The maximum absolute atomic E-state index is 11.2. The first-order valence-corrected chi connectivity index (χ1v) is 10.6. The quantitative estimate of drug-likeness (QED) is 0.847. The third-order valence-corrected chi connectivity index (χ3v) is 7.64. The van der Waals surface area contributed by atoms with Crippen LogP contribution in [0.3, 0.4) is 0 Å². The number of aliphatic hydroxyl groups is 1. The highest BCUT2D eigenvalue weighted by molar-refractivity contribution is 8.16. The molecular weight excluding hydrogens is 372 g/mol. The van der Waals surface area contributed by atoms with Gasteiger partial charge in [-0.1, -0.05) is 6.07 Å². The van der Waals surface area contributed by atoms with E-state index in [1.807, 2.05) is 53.9 Å². The van der Waals surface area contributed by atoms with Gasteiger partial charge in [-0.3, -0.25) is 0 Å². The number of thioether (sulfide) groups is 2. The largest absolute Gasteiger partial charge is 0.454 e. The summed E-state index contributed by atoms with van der Waals surface area (Å²) in [6.07, 6.45) is 0.452. The van der Waals surface area contributed by atoms with Crippen LogP contribution in [-0.4, -0.2) is 30.2 Å². The number of aliphatic hydroxyl groups excluding tert-OH is 1. The Kier molecular flexibility index (Phi) is 4.30. The molecule has 2 aromatic rings. The highest BCUT2D eigenvalue weighted by Crippen LogP contribution is 2.50. The van der Waals surface area contributed by atoms with Crippen molar-refractivity contribution in [2.45, 2.75) is 17.1 Å². The number of benzene rings is 2. The zero-order chi connectivity index (χ0) is 17.5. The van der Waals surface area contributed by atoms with E-state index in [1.54, 1.807) is 0 Å². The van der Waals surface area contributed by atoms with Crippen LogP contribution in [0.5, 0.6) is 23.0 Å². The van der Waals surface area contributed by atoms with Crippen molar-refractivity contribution < 1.29 is 24.1 Å². The molecule has 26 heavy (non-hydrogen) atoms. The minimum Gasteiger partial charge on any atom is -0.454 e. The molecular formula is C19H18O5S2. The summed E-state index contributed by atoms with van der Waals surface area (Å²) in [6, 6.07) is 9.53. The van der Waals surface area contributed by atoms with Crippen molar-refractivity contribution in [1.29, 1.82) is 0 Å². The van der Waals surface area contributed by atoms with Gasteiger partial charge < -0.3 is 24.1 Å². The number of ether oxygens (including phenoxy) is 4. The molecule has 1 saturated heterocycles. The Morgan fingerprint density at radius 3 is 2.27 bits per heavy atom. The molecule has 1 atom stereocenters. The van der Waals surface area contributed by atoms with E-state index in [9.17, 15) is 5.11 Å². The molecule has 0 saturated carbocycles. The molecule has 136 valence electrons. The molecule has 0 spiro atoms. The van der Waals surface area contributed by atoms with Crippen LogP contribution < -0.4 is 18.9 Å². The maximum Gasteiger partial charge on any atom is 0.231 e. The first-order chi connectivity index (χ1) is 12.8. The molecule has 5 nitrogen and oxygen atoms in total. The summed E-state index contributed by atoms with van der Waals surface area (Å²) >= 11 is 3.84. The lowest BCUT2D eigenvalue weighted by atomic mass is 9.96. The lowest BCUT2D eigenvalue weighted by molar-refractivity contribution is 0.173. The van der Waals surface area contributed by atoms with Gasteiger partial charge in [0.05, 0.1) is 4.58 Å². The summed E-state index contributed by atoms with van der Waals surface area (Å²) in [6.45, 7) is 0.447. The molecule has 3 aliphatic heterocycles. The van der Waals surface area contributed by atoms with E-state index in [-0.39, 0.29) is 18.2 Å². The smallest absolute Gasteiger partial charge is 0.231 e. The summed E-state index contributed by atoms with van der Waals surface area (Å²) < 4.78 is 22.2. The third-order valence-electron chi connectivity index (χ3n) is 4.67. The molecule has 2 aromatic carbocycles. The molecule has 0 amide bonds. The molecule has 1 unspecified atom stereocenters. The van der Waals surface area contributed by atoms with Gasteiger partial charge in [-0.25, -0.2) is 0 Å². The first kappa shape index (κ1) is 16.5. The van der Waals surface area contributed by atoms with E-state index in [1.165, 1.54) is 6.42 Å². The topological polar surface area (TPSA) is 57.2 Å². The second kappa shape index (κ2) is 6.79. The first-order valence-electron chi connectivity index (χ1n) is 8.54. The van der Waals surface area contributed by atoms with Crippen molar-refractivity contribution >= 4 is 23.5 Å². The maximum atomic E-state index is 11.2. The van der Waals surface area contributed by atoms with Crippen LogP contribution in [0.1, 0.15) is 33.8 Å². The van der Waals surface area contributed by atoms with Crippen molar-refractivity contribution in [3.05, 3.63) is 47.0 Å². The number of hydrogen-bond donors (Lipinski definition) is 1. The average Bonchev–Trinajstić information content (AvgIpc) is 3.35. The Morgan fingerprint density at radius 1 is 0.846 bits per heavy atom. The van der Waals surface area contributed by atoms with Crippen LogP contribution in [0.2, 0.25) is 0 Å². The number of rotatable bonds is 3. The van der Waals surface area contributed by atoms with Gasteiger partial charge >= 0.3 is 0 Å². The Labute approximate surface area is 160 Å². The van der Waals surface area contributed by atoms with Gasteiger partial charge in [-0.15, -0.1) is 23.5 Å². The molecule has 1 fully saturated rings. The fraction of sp³-hybridized carbons (Fsp3) is 0.368. The Hall–Kier alpha value is -1.70. The fourth-order valence-electron chi connectivity index (χ4n) is 3.34. The van der Waals surface area contributed by atoms with E-state index in [2.05, 4.69) is 0 Å².